The fraction of sp³-hybridized carbons (Fsp3) is 0.368. The summed E-state index contributed by atoms with van der Waals surface area (Å²) in [5.41, 5.74) is 6.61. The zero-order chi connectivity index (χ0) is 15.4. The standard InChI is InChI=1S/C19H24BrN/c1-5-10-21-19(16-8-6-13(2)15(4)11-16)17-9-7-14(3)18(20)12-17/h6-9,11-12,19,21H,5,10H2,1-4H3. The van der Waals surface area contributed by atoms with Gasteiger partial charge in [0.1, 0.15) is 0 Å². The van der Waals surface area contributed by atoms with Crippen LogP contribution in [-0.2, 0) is 0 Å². The van der Waals surface area contributed by atoms with Gasteiger partial charge in [-0.3, -0.25) is 0 Å². The highest BCUT2D eigenvalue weighted by atomic mass is 79.9. The number of hydrogen-bond acceptors (Lipinski definition) is 1. The molecule has 0 heterocycles. The first kappa shape index (κ1) is 16.3. The second kappa shape index (κ2) is 7.24. The summed E-state index contributed by atoms with van der Waals surface area (Å²) in [5.74, 6) is 0. The summed E-state index contributed by atoms with van der Waals surface area (Å²) in [6, 6.07) is 13.6. The highest BCUT2D eigenvalue weighted by Gasteiger charge is 2.14. The molecular weight excluding hydrogens is 322 g/mol. The molecule has 112 valence electrons. The van der Waals surface area contributed by atoms with Crippen LogP contribution in [0.3, 0.4) is 0 Å². The van der Waals surface area contributed by atoms with E-state index in [1.54, 1.807) is 0 Å². The maximum Gasteiger partial charge on any atom is 0.0577 e. The van der Waals surface area contributed by atoms with Crippen LogP contribution in [0.4, 0.5) is 0 Å². The van der Waals surface area contributed by atoms with Gasteiger partial charge in [-0.05, 0) is 67.6 Å². The maximum absolute atomic E-state index is 3.67. The van der Waals surface area contributed by atoms with Crippen LogP contribution in [0.1, 0.15) is 47.2 Å². The second-order valence-corrected chi connectivity index (χ2v) is 6.59. The lowest BCUT2D eigenvalue weighted by atomic mass is 9.95. The summed E-state index contributed by atoms with van der Waals surface area (Å²) in [4.78, 5) is 0. The number of nitrogens with one attached hydrogen (secondary N) is 1. The summed E-state index contributed by atoms with van der Waals surface area (Å²) in [6.45, 7) is 9.69. The van der Waals surface area contributed by atoms with Gasteiger partial charge in [0.25, 0.3) is 0 Å². The molecule has 1 nitrogen and oxygen atoms in total. The molecule has 2 rings (SSSR count). The number of hydrogen-bond donors (Lipinski definition) is 1. The summed E-state index contributed by atoms with van der Waals surface area (Å²) in [6.07, 6.45) is 1.13. The van der Waals surface area contributed by atoms with Gasteiger partial charge in [0.2, 0.25) is 0 Å². The Hall–Kier alpha value is -1.12. The molecule has 0 amide bonds. The minimum Gasteiger partial charge on any atom is -0.306 e. The number of benzene rings is 2. The van der Waals surface area contributed by atoms with E-state index in [2.05, 4.69) is 85.3 Å². The van der Waals surface area contributed by atoms with Gasteiger partial charge in [0.15, 0.2) is 0 Å². The van der Waals surface area contributed by atoms with Crippen LogP contribution in [0.15, 0.2) is 40.9 Å². The van der Waals surface area contributed by atoms with Crippen molar-refractivity contribution in [2.24, 2.45) is 0 Å². The SMILES string of the molecule is CCCNC(c1ccc(C)c(C)c1)c1ccc(C)c(Br)c1. The van der Waals surface area contributed by atoms with Crippen LogP contribution >= 0.6 is 15.9 Å². The number of rotatable bonds is 5. The Labute approximate surface area is 136 Å². The Morgan fingerprint density at radius 1 is 0.905 bits per heavy atom. The van der Waals surface area contributed by atoms with Crippen LogP contribution in [0.5, 0.6) is 0 Å². The van der Waals surface area contributed by atoms with Gasteiger partial charge in [0.05, 0.1) is 6.04 Å². The lowest BCUT2D eigenvalue weighted by Gasteiger charge is -2.21. The topological polar surface area (TPSA) is 12.0 Å². The van der Waals surface area contributed by atoms with Gasteiger partial charge >= 0.3 is 0 Å². The van der Waals surface area contributed by atoms with Gasteiger partial charge < -0.3 is 5.32 Å². The van der Waals surface area contributed by atoms with Crippen molar-refractivity contribution in [3.05, 3.63) is 68.7 Å². The lowest BCUT2D eigenvalue weighted by Crippen LogP contribution is -2.23. The Balaban J connectivity index is 2.41. The molecule has 1 N–H and O–H groups in total. The van der Waals surface area contributed by atoms with E-state index in [0.29, 0.717) is 0 Å². The predicted octanol–water partition coefficient (Wildman–Crippen LogP) is 5.46. The summed E-state index contributed by atoms with van der Waals surface area (Å²) < 4.78 is 1.17. The fourth-order valence-corrected chi connectivity index (χ4v) is 2.85. The number of halogens is 1. The third-order valence-electron chi connectivity index (χ3n) is 3.99. The van der Waals surface area contributed by atoms with Gasteiger partial charge in [0, 0.05) is 4.47 Å². The van der Waals surface area contributed by atoms with Gasteiger partial charge in [-0.1, -0.05) is 53.2 Å². The zero-order valence-electron chi connectivity index (χ0n) is 13.3. The van der Waals surface area contributed by atoms with Gasteiger partial charge in [-0.25, -0.2) is 0 Å². The highest BCUT2D eigenvalue weighted by molar-refractivity contribution is 9.10. The molecule has 0 aliphatic heterocycles. The molecular formula is C19H24BrN. The molecule has 0 spiro atoms. The molecule has 0 aromatic heterocycles. The van der Waals surface area contributed by atoms with Crippen LogP contribution in [0.25, 0.3) is 0 Å². The van der Waals surface area contributed by atoms with Crippen molar-refractivity contribution in [1.82, 2.24) is 5.32 Å². The Morgan fingerprint density at radius 3 is 2.10 bits per heavy atom. The first-order valence-corrected chi connectivity index (χ1v) is 8.38. The smallest absolute Gasteiger partial charge is 0.0577 e. The van der Waals surface area contributed by atoms with E-state index in [9.17, 15) is 0 Å². The molecule has 2 aromatic carbocycles. The Bertz CT molecular complexity index is 567. The first-order chi connectivity index (χ1) is 10.0. The molecule has 21 heavy (non-hydrogen) atoms. The third-order valence-corrected chi connectivity index (χ3v) is 4.85. The zero-order valence-corrected chi connectivity index (χ0v) is 14.9. The average Bonchev–Trinajstić information content (AvgIpc) is 2.46. The molecule has 1 atom stereocenters. The molecule has 1 unspecified atom stereocenters. The summed E-state index contributed by atoms with van der Waals surface area (Å²) in [7, 11) is 0. The Kier molecular flexibility index (Phi) is 5.60. The van der Waals surface area contributed by atoms with Crippen LogP contribution in [-0.4, -0.2) is 6.54 Å². The first-order valence-electron chi connectivity index (χ1n) is 7.59. The fourth-order valence-electron chi connectivity index (χ4n) is 2.45. The molecule has 0 fully saturated rings. The van der Waals surface area contributed by atoms with Crippen molar-refractivity contribution in [1.29, 1.82) is 0 Å². The van der Waals surface area contributed by atoms with Crippen molar-refractivity contribution >= 4 is 15.9 Å². The summed E-state index contributed by atoms with van der Waals surface area (Å²) in [5, 5.41) is 3.67. The van der Waals surface area contributed by atoms with E-state index in [0.717, 1.165) is 13.0 Å². The molecule has 0 aliphatic rings. The molecule has 0 radical (unpaired) electrons. The van der Waals surface area contributed by atoms with Crippen molar-refractivity contribution in [2.75, 3.05) is 6.54 Å². The number of aryl methyl sites for hydroxylation is 3. The van der Waals surface area contributed by atoms with Crippen molar-refractivity contribution in [3.63, 3.8) is 0 Å². The van der Waals surface area contributed by atoms with E-state index in [4.69, 9.17) is 0 Å². The minimum absolute atomic E-state index is 0.251. The van der Waals surface area contributed by atoms with E-state index < -0.39 is 0 Å². The largest absolute Gasteiger partial charge is 0.306 e. The second-order valence-electron chi connectivity index (χ2n) is 5.74. The van der Waals surface area contributed by atoms with Crippen LogP contribution < -0.4 is 5.32 Å². The predicted molar refractivity (Wildman–Crippen MR) is 94.9 cm³/mol. The molecule has 0 saturated carbocycles. The highest BCUT2D eigenvalue weighted by Crippen LogP contribution is 2.27. The normalized spacial score (nSPS) is 12.4. The summed E-state index contributed by atoms with van der Waals surface area (Å²) >= 11 is 3.65. The van der Waals surface area contributed by atoms with Gasteiger partial charge in [-0.15, -0.1) is 0 Å². The molecule has 2 aromatic rings. The monoisotopic (exact) mass is 345 g/mol. The quantitative estimate of drug-likeness (QED) is 0.758. The lowest BCUT2D eigenvalue weighted by molar-refractivity contribution is 0.598. The minimum atomic E-state index is 0.251. The van der Waals surface area contributed by atoms with Crippen LogP contribution in [0, 0.1) is 20.8 Å². The van der Waals surface area contributed by atoms with E-state index >= 15 is 0 Å². The molecule has 2 heteroatoms. The third kappa shape index (κ3) is 3.96. The molecule has 0 aliphatic carbocycles. The average molecular weight is 346 g/mol. The van der Waals surface area contributed by atoms with Crippen molar-refractivity contribution in [3.8, 4) is 0 Å². The van der Waals surface area contributed by atoms with Crippen molar-refractivity contribution < 1.29 is 0 Å². The van der Waals surface area contributed by atoms with E-state index in [1.807, 2.05) is 0 Å². The van der Waals surface area contributed by atoms with Crippen molar-refractivity contribution in [2.45, 2.75) is 40.2 Å². The van der Waals surface area contributed by atoms with E-state index in [-0.39, 0.29) is 6.04 Å². The Morgan fingerprint density at radius 2 is 1.52 bits per heavy atom. The van der Waals surface area contributed by atoms with Gasteiger partial charge in [-0.2, -0.15) is 0 Å². The molecule has 0 bridgehead atoms. The maximum atomic E-state index is 3.67. The van der Waals surface area contributed by atoms with Crippen LogP contribution in [0.2, 0.25) is 0 Å². The van der Waals surface area contributed by atoms with E-state index in [1.165, 1.54) is 32.3 Å². The molecule has 0 saturated heterocycles.